The van der Waals surface area contributed by atoms with Crippen LogP contribution >= 0.6 is 0 Å². The lowest BCUT2D eigenvalue weighted by atomic mass is 10.3. The van der Waals surface area contributed by atoms with E-state index in [1.165, 1.54) is 24.3 Å². The number of anilines is 3. The van der Waals surface area contributed by atoms with Gasteiger partial charge >= 0.3 is 6.18 Å². The predicted molar refractivity (Wildman–Crippen MR) is 95.1 cm³/mol. The van der Waals surface area contributed by atoms with Crippen molar-refractivity contribution in [1.29, 1.82) is 0 Å². The number of nitrogens with one attached hydrogen (secondary N) is 2. The van der Waals surface area contributed by atoms with Gasteiger partial charge in [0.1, 0.15) is 5.82 Å². The second-order valence-electron chi connectivity index (χ2n) is 5.97. The van der Waals surface area contributed by atoms with Crippen LogP contribution < -0.4 is 10.6 Å². The molecule has 0 fully saturated rings. The molecule has 2 rings (SSSR count). The topological polar surface area (TPSA) is 96.2 Å². The number of halogens is 3. The fourth-order valence-electron chi connectivity index (χ4n) is 2.15. The zero-order valence-electron chi connectivity index (χ0n) is 14.7. The highest BCUT2D eigenvalue weighted by Gasteiger charge is 2.33. The van der Waals surface area contributed by atoms with E-state index < -0.39 is 16.8 Å². The van der Waals surface area contributed by atoms with Gasteiger partial charge in [-0.3, -0.25) is 10.1 Å². The van der Waals surface area contributed by atoms with Gasteiger partial charge in [0.05, 0.1) is 4.92 Å². The number of non-ortho nitro benzene ring substituents is 1. The van der Waals surface area contributed by atoms with Crippen molar-refractivity contribution >= 4 is 23.1 Å². The average molecular weight is 384 g/mol. The van der Waals surface area contributed by atoms with Gasteiger partial charge in [0.25, 0.3) is 5.69 Å². The maximum atomic E-state index is 13.1. The van der Waals surface area contributed by atoms with E-state index in [4.69, 9.17) is 0 Å². The minimum Gasteiger partial charge on any atom is -0.354 e. The van der Waals surface area contributed by atoms with Crippen LogP contribution in [0, 0.1) is 10.1 Å². The third-order valence-corrected chi connectivity index (χ3v) is 3.43. The molecule has 0 aliphatic carbocycles. The summed E-state index contributed by atoms with van der Waals surface area (Å²) in [5, 5.41) is 16.2. The maximum absolute atomic E-state index is 13.1. The molecule has 0 aliphatic rings. The van der Waals surface area contributed by atoms with E-state index in [0.29, 0.717) is 18.7 Å². The number of nitrogens with zero attached hydrogens (tertiary/aromatic N) is 4. The highest BCUT2D eigenvalue weighted by Crippen LogP contribution is 2.30. The molecule has 0 aliphatic heterocycles. The van der Waals surface area contributed by atoms with E-state index in [2.05, 4.69) is 20.6 Å². The van der Waals surface area contributed by atoms with E-state index in [1.807, 2.05) is 19.0 Å². The summed E-state index contributed by atoms with van der Waals surface area (Å²) in [6, 6.07) is 6.05. The zero-order chi connectivity index (χ0) is 20.0. The molecule has 1 aromatic heterocycles. The fourth-order valence-corrected chi connectivity index (χ4v) is 2.15. The minimum absolute atomic E-state index is 0.0683. The van der Waals surface area contributed by atoms with E-state index >= 15 is 0 Å². The van der Waals surface area contributed by atoms with Crippen LogP contribution in [0.2, 0.25) is 0 Å². The van der Waals surface area contributed by atoms with Gasteiger partial charge in [0.15, 0.2) is 5.69 Å². The quantitative estimate of drug-likeness (QED) is 0.408. The lowest BCUT2D eigenvalue weighted by Crippen LogP contribution is -2.18. The molecule has 0 atom stereocenters. The van der Waals surface area contributed by atoms with Crippen molar-refractivity contribution in [3.63, 3.8) is 0 Å². The number of hydrogen-bond acceptors (Lipinski definition) is 7. The SMILES string of the molecule is CN(C)CCCNc1nc(Nc2ccc([N+](=O)[O-])cc2)cc(C(F)(F)F)n1. The van der Waals surface area contributed by atoms with Crippen LogP contribution in [0.15, 0.2) is 30.3 Å². The van der Waals surface area contributed by atoms with Crippen LogP contribution in [0.25, 0.3) is 0 Å². The molecule has 2 N–H and O–H groups in total. The summed E-state index contributed by atoms with van der Waals surface area (Å²) in [7, 11) is 3.79. The molecule has 8 nitrogen and oxygen atoms in total. The number of nitro benzene ring substituents is 1. The van der Waals surface area contributed by atoms with Crippen LogP contribution in [0.4, 0.5) is 36.3 Å². The van der Waals surface area contributed by atoms with Crippen molar-refractivity contribution < 1.29 is 18.1 Å². The third-order valence-electron chi connectivity index (χ3n) is 3.43. The first-order chi connectivity index (χ1) is 12.6. The molecule has 0 saturated carbocycles. The van der Waals surface area contributed by atoms with E-state index in [1.54, 1.807) is 0 Å². The molecule has 11 heteroatoms. The van der Waals surface area contributed by atoms with Crippen molar-refractivity contribution in [2.75, 3.05) is 37.8 Å². The maximum Gasteiger partial charge on any atom is 0.433 e. The van der Waals surface area contributed by atoms with Crippen LogP contribution in [-0.4, -0.2) is 47.0 Å². The number of rotatable bonds is 8. The summed E-state index contributed by atoms with van der Waals surface area (Å²) in [6.07, 6.45) is -3.92. The average Bonchev–Trinajstić information content (AvgIpc) is 2.58. The highest BCUT2D eigenvalue weighted by atomic mass is 19.4. The van der Waals surface area contributed by atoms with Gasteiger partial charge in [-0.25, -0.2) is 4.98 Å². The first-order valence-electron chi connectivity index (χ1n) is 8.01. The summed E-state index contributed by atoms with van der Waals surface area (Å²) < 4.78 is 39.3. The number of nitro groups is 1. The van der Waals surface area contributed by atoms with Gasteiger partial charge in [-0.05, 0) is 39.2 Å². The predicted octanol–water partition coefficient (Wildman–Crippen LogP) is 3.51. The fraction of sp³-hybridized carbons (Fsp3) is 0.375. The molecule has 0 amide bonds. The Balaban J connectivity index is 2.18. The second-order valence-corrected chi connectivity index (χ2v) is 5.97. The molecule has 27 heavy (non-hydrogen) atoms. The Morgan fingerprint density at radius 3 is 2.41 bits per heavy atom. The Morgan fingerprint density at radius 1 is 1.19 bits per heavy atom. The van der Waals surface area contributed by atoms with Crippen molar-refractivity contribution in [1.82, 2.24) is 14.9 Å². The first-order valence-corrected chi connectivity index (χ1v) is 8.01. The molecule has 0 spiro atoms. The van der Waals surface area contributed by atoms with Crippen molar-refractivity contribution in [3.05, 3.63) is 46.1 Å². The van der Waals surface area contributed by atoms with Crippen LogP contribution in [0.1, 0.15) is 12.1 Å². The largest absolute Gasteiger partial charge is 0.433 e. The summed E-state index contributed by atoms with van der Waals surface area (Å²) in [6.45, 7) is 1.18. The Morgan fingerprint density at radius 2 is 1.85 bits per heavy atom. The van der Waals surface area contributed by atoms with Gasteiger partial charge < -0.3 is 15.5 Å². The molecule has 146 valence electrons. The Kier molecular flexibility index (Phi) is 6.50. The smallest absolute Gasteiger partial charge is 0.354 e. The van der Waals surface area contributed by atoms with Crippen LogP contribution in [0.3, 0.4) is 0 Å². The molecule has 0 radical (unpaired) electrons. The number of benzene rings is 1. The summed E-state index contributed by atoms with van der Waals surface area (Å²) in [5.74, 6) is -0.214. The van der Waals surface area contributed by atoms with Gasteiger partial charge in [0, 0.05) is 30.4 Å². The number of aromatic nitrogens is 2. The lowest BCUT2D eigenvalue weighted by Gasteiger charge is -2.13. The summed E-state index contributed by atoms with van der Waals surface area (Å²) >= 11 is 0. The Bertz CT molecular complexity index is 781. The first kappa shape index (κ1) is 20.4. The highest BCUT2D eigenvalue weighted by molar-refractivity contribution is 5.59. The van der Waals surface area contributed by atoms with Crippen LogP contribution in [-0.2, 0) is 6.18 Å². The number of alkyl halides is 3. The Hall–Kier alpha value is -2.95. The van der Waals surface area contributed by atoms with Gasteiger partial charge in [-0.15, -0.1) is 0 Å². The normalized spacial score (nSPS) is 11.5. The molecule has 1 heterocycles. The molecule has 2 aromatic rings. The minimum atomic E-state index is -4.63. The van der Waals surface area contributed by atoms with E-state index in [0.717, 1.165) is 12.6 Å². The van der Waals surface area contributed by atoms with Gasteiger partial charge in [-0.1, -0.05) is 0 Å². The van der Waals surface area contributed by atoms with Crippen molar-refractivity contribution in [2.45, 2.75) is 12.6 Å². The Labute approximate surface area is 153 Å². The monoisotopic (exact) mass is 384 g/mol. The summed E-state index contributed by atoms with van der Waals surface area (Å²) in [4.78, 5) is 19.6. The third kappa shape index (κ3) is 6.37. The lowest BCUT2D eigenvalue weighted by molar-refractivity contribution is -0.384. The van der Waals surface area contributed by atoms with Gasteiger partial charge in [0.2, 0.25) is 5.95 Å². The molecule has 1 aromatic carbocycles. The molecular weight excluding hydrogens is 365 g/mol. The van der Waals surface area contributed by atoms with Gasteiger partial charge in [-0.2, -0.15) is 18.2 Å². The second kappa shape index (κ2) is 8.62. The number of hydrogen-bond donors (Lipinski definition) is 2. The van der Waals surface area contributed by atoms with Crippen LogP contribution in [0.5, 0.6) is 0 Å². The standard InChI is InChI=1S/C16H19F3N6O2/c1-24(2)9-3-8-20-15-22-13(16(17,18)19)10-14(23-15)21-11-4-6-12(7-5-11)25(26)27/h4-7,10H,3,8-9H2,1-2H3,(H2,20,21,22,23). The molecule has 0 unspecified atom stereocenters. The van der Waals surface area contributed by atoms with E-state index in [-0.39, 0.29) is 17.5 Å². The summed E-state index contributed by atoms with van der Waals surface area (Å²) in [5.41, 5.74) is -0.842. The molecule has 0 bridgehead atoms. The molecule has 0 saturated heterocycles. The zero-order valence-corrected chi connectivity index (χ0v) is 14.7. The van der Waals surface area contributed by atoms with Crippen molar-refractivity contribution in [2.24, 2.45) is 0 Å². The van der Waals surface area contributed by atoms with Crippen molar-refractivity contribution in [3.8, 4) is 0 Å². The molecular formula is C16H19F3N6O2. The van der Waals surface area contributed by atoms with E-state index in [9.17, 15) is 23.3 Å².